The quantitative estimate of drug-likeness (QED) is 0.195. The average molecular weight is 597 g/mol. The van der Waals surface area contributed by atoms with Gasteiger partial charge in [-0.3, -0.25) is 0 Å². The van der Waals surface area contributed by atoms with Crippen LogP contribution in [0.2, 0.25) is 0 Å². The Morgan fingerprint density at radius 1 is 0.738 bits per heavy atom. The van der Waals surface area contributed by atoms with Crippen molar-refractivity contribution in [3.05, 3.63) is 98.9 Å². The lowest BCUT2D eigenvalue weighted by molar-refractivity contribution is -0.276. The van der Waals surface area contributed by atoms with Crippen molar-refractivity contribution in [3.8, 4) is 5.75 Å². The molecule has 1 fully saturated rings. The maximum absolute atomic E-state index is 15.7. The first kappa shape index (κ1) is 30.4. The van der Waals surface area contributed by atoms with Gasteiger partial charge in [0, 0.05) is 5.56 Å². The molecule has 5 rings (SSSR count). The molecule has 0 amide bonds. The van der Waals surface area contributed by atoms with Crippen LogP contribution in [0.5, 0.6) is 5.75 Å². The molecule has 0 spiro atoms. The number of hydrogen-bond donors (Lipinski definition) is 0. The lowest BCUT2D eigenvalue weighted by Gasteiger charge is -2.32. The number of benzene rings is 3. The van der Waals surface area contributed by atoms with Crippen molar-refractivity contribution in [1.29, 1.82) is 0 Å². The smallest absolute Gasteiger partial charge is 0.399 e. The second-order valence-corrected chi connectivity index (χ2v) is 11.5. The van der Waals surface area contributed by atoms with Crippen LogP contribution in [-0.2, 0) is 25.7 Å². The zero-order chi connectivity index (χ0) is 30.2. The van der Waals surface area contributed by atoms with Crippen LogP contribution in [0.4, 0.5) is 35.1 Å². The van der Waals surface area contributed by atoms with E-state index in [0.29, 0.717) is 12.8 Å². The van der Waals surface area contributed by atoms with Gasteiger partial charge in [0.05, 0.1) is 0 Å². The first-order chi connectivity index (χ1) is 19.9. The van der Waals surface area contributed by atoms with E-state index < -0.39 is 53.0 Å². The summed E-state index contributed by atoms with van der Waals surface area (Å²) < 4.78 is 116. The van der Waals surface area contributed by atoms with Crippen molar-refractivity contribution in [1.82, 2.24) is 0 Å². The van der Waals surface area contributed by atoms with E-state index in [1.54, 1.807) is 0 Å². The van der Waals surface area contributed by atoms with Gasteiger partial charge in [-0.05, 0) is 122 Å². The highest BCUT2D eigenvalue weighted by Gasteiger charge is 2.36. The largest absolute Gasteiger partial charge is 0.573 e. The molecule has 1 saturated carbocycles. The Balaban J connectivity index is 1.26. The minimum Gasteiger partial charge on any atom is -0.399 e. The molecular formula is C33H32F8O. The third-order valence-electron chi connectivity index (χ3n) is 8.97. The molecule has 9 heteroatoms. The van der Waals surface area contributed by atoms with Crippen molar-refractivity contribution in [3.63, 3.8) is 0 Å². The Morgan fingerprint density at radius 3 is 1.93 bits per heavy atom. The molecule has 1 atom stereocenters. The third-order valence-corrected chi connectivity index (χ3v) is 8.97. The molecule has 0 aromatic heterocycles. The van der Waals surface area contributed by atoms with Crippen molar-refractivity contribution >= 4 is 0 Å². The van der Waals surface area contributed by atoms with E-state index in [4.69, 9.17) is 0 Å². The Kier molecular flexibility index (Phi) is 8.86. The van der Waals surface area contributed by atoms with Crippen LogP contribution in [-0.4, -0.2) is 6.36 Å². The lowest BCUT2D eigenvalue weighted by atomic mass is 9.73. The van der Waals surface area contributed by atoms with E-state index in [1.807, 2.05) is 0 Å². The number of ether oxygens (including phenoxy) is 1. The summed E-state index contributed by atoms with van der Waals surface area (Å²) >= 11 is 0. The van der Waals surface area contributed by atoms with Gasteiger partial charge in [-0.15, -0.1) is 13.2 Å². The molecule has 2 aliphatic rings. The van der Waals surface area contributed by atoms with Crippen molar-refractivity contribution in [2.24, 2.45) is 5.92 Å². The normalized spacial score (nSPS) is 20.8. The molecule has 0 heterocycles. The van der Waals surface area contributed by atoms with Crippen LogP contribution < -0.4 is 4.74 Å². The van der Waals surface area contributed by atoms with E-state index in [1.165, 1.54) is 11.1 Å². The Bertz CT molecular complexity index is 1400. The number of alkyl halides is 3. The van der Waals surface area contributed by atoms with Gasteiger partial charge in [0.15, 0.2) is 23.3 Å². The van der Waals surface area contributed by atoms with Crippen LogP contribution in [0.15, 0.2) is 36.4 Å². The summed E-state index contributed by atoms with van der Waals surface area (Å²) in [5.74, 6) is -8.29. The summed E-state index contributed by atoms with van der Waals surface area (Å²) in [5, 5.41) is 0. The number of fused-ring (bicyclic) bond motifs is 1. The predicted octanol–water partition coefficient (Wildman–Crippen LogP) is 10.0. The van der Waals surface area contributed by atoms with Crippen molar-refractivity contribution < 1.29 is 39.9 Å². The molecule has 0 radical (unpaired) electrons. The molecule has 0 saturated heterocycles. The van der Waals surface area contributed by atoms with E-state index in [9.17, 15) is 22.0 Å². The van der Waals surface area contributed by atoms with E-state index >= 15 is 13.2 Å². The summed E-state index contributed by atoms with van der Waals surface area (Å²) in [6.45, 7) is 2.09. The lowest BCUT2D eigenvalue weighted by Crippen LogP contribution is -2.23. The fourth-order valence-electron chi connectivity index (χ4n) is 6.65. The Morgan fingerprint density at radius 2 is 1.33 bits per heavy atom. The monoisotopic (exact) mass is 596 g/mol. The molecule has 3 aromatic rings. The maximum Gasteiger partial charge on any atom is 0.573 e. The molecular weight excluding hydrogens is 564 g/mol. The fraction of sp³-hybridized carbons (Fsp3) is 0.455. The van der Waals surface area contributed by atoms with Crippen LogP contribution in [0.1, 0.15) is 90.7 Å². The summed E-state index contributed by atoms with van der Waals surface area (Å²) in [6, 6.07) is 9.94. The molecule has 42 heavy (non-hydrogen) atoms. The molecule has 226 valence electrons. The van der Waals surface area contributed by atoms with Crippen molar-refractivity contribution in [2.75, 3.05) is 0 Å². The molecule has 3 aromatic carbocycles. The SMILES string of the molecule is CCc1ccc(CCC2CCc3c(F)c(C4CCC(c5cc(F)c(OC(F)(F)F)c(F)c5)CC4)c(F)c(F)c3C2)cc1. The first-order valence-corrected chi connectivity index (χ1v) is 14.5. The minimum atomic E-state index is -5.25. The standard InChI is InChI=1S/C33H32F8O/c1-2-18-3-5-19(6-4-18)7-8-20-9-14-24-25(15-20)30(37)31(38)28(29(24)36)22-12-10-21(11-13-22)23-16-26(34)32(27(35)17-23)42-33(39,40)41/h3-6,16-17,20-22H,2,7-15H2,1H3. The topological polar surface area (TPSA) is 9.23 Å². The van der Waals surface area contributed by atoms with E-state index in [2.05, 4.69) is 35.9 Å². The highest BCUT2D eigenvalue weighted by atomic mass is 19.4. The fourth-order valence-corrected chi connectivity index (χ4v) is 6.65. The second-order valence-electron chi connectivity index (χ2n) is 11.5. The highest BCUT2D eigenvalue weighted by molar-refractivity contribution is 5.41. The molecule has 1 unspecified atom stereocenters. The number of hydrogen-bond acceptors (Lipinski definition) is 1. The number of halogens is 8. The maximum atomic E-state index is 15.7. The molecule has 0 N–H and O–H groups in total. The van der Waals surface area contributed by atoms with Gasteiger partial charge >= 0.3 is 6.36 Å². The third kappa shape index (κ3) is 6.45. The molecule has 0 bridgehead atoms. The van der Waals surface area contributed by atoms with Gasteiger partial charge in [0.2, 0.25) is 5.75 Å². The molecule has 0 aliphatic heterocycles. The zero-order valence-corrected chi connectivity index (χ0v) is 23.2. The Hall–Kier alpha value is -3.10. The average Bonchev–Trinajstić information content (AvgIpc) is 2.97. The van der Waals surface area contributed by atoms with Crippen LogP contribution in [0, 0.1) is 35.0 Å². The Labute approximate surface area is 239 Å². The summed E-state index contributed by atoms with van der Waals surface area (Å²) in [7, 11) is 0. The summed E-state index contributed by atoms with van der Waals surface area (Å²) in [5.41, 5.74) is 2.65. The summed E-state index contributed by atoms with van der Waals surface area (Å²) in [6.07, 6.45) is -0.373. The second kappa shape index (κ2) is 12.3. The van der Waals surface area contributed by atoms with Crippen LogP contribution in [0.3, 0.4) is 0 Å². The molecule has 2 aliphatic carbocycles. The van der Waals surface area contributed by atoms with Gasteiger partial charge in [-0.2, -0.15) is 0 Å². The van der Waals surface area contributed by atoms with Crippen LogP contribution in [0.25, 0.3) is 0 Å². The van der Waals surface area contributed by atoms with Gasteiger partial charge in [0.25, 0.3) is 0 Å². The van der Waals surface area contributed by atoms with E-state index in [-0.39, 0.29) is 60.3 Å². The van der Waals surface area contributed by atoms with E-state index in [0.717, 1.165) is 31.4 Å². The number of aryl methyl sites for hydroxylation is 2. The first-order valence-electron chi connectivity index (χ1n) is 14.5. The van der Waals surface area contributed by atoms with Crippen LogP contribution >= 0.6 is 0 Å². The molecule has 1 nitrogen and oxygen atoms in total. The van der Waals surface area contributed by atoms with Crippen molar-refractivity contribution in [2.45, 2.75) is 89.3 Å². The zero-order valence-electron chi connectivity index (χ0n) is 23.2. The summed E-state index contributed by atoms with van der Waals surface area (Å²) in [4.78, 5) is 0. The minimum absolute atomic E-state index is 0.117. The van der Waals surface area contributed by atoms with Gasteiger partial charge in [0.1, 0.15) is 5.82 Å². The van der Waals surface area contributed by atoms with Gasteiger partial charge in [-0.1, -0.05) is 31.2 Å². The predicted molar refractivity (Wildman–Crippen MR) is 143 cm³/mol. The number of rotatable bonds is 7. The highest BCUT2D eigenvalue weighted by Crippen LogP contribution is 2.45. The van der Waals surface area contributed by atoms with Gasteiger partial charge in [-0.25, -0.2) is 22.0 Å². The van der Waals surface area contributed by atoms with Gasteiger partial charge < -0.3 is 4.74 Å².